The molecule has 126 valence electrons. The third-order valence-electron chi connectivity index (χ3n) is 4.11. The summed E-state index contributed by atoms with van der Waals surface area (Å²) in [5, 5.41) is 20.8. The van der Waals surface area contributed by atoms with Crippen molar-refractivity contribution >= 4 is 31.9 Å². The zero-order chi connectivity index (χ0) is 17.2. The van der Waals surface area contributed by atoms with Crippen molar-refractivity contribution in [3.8, 4) is 34.1 Å². The van der Waals surface area contributed by atoms with Crippen LogP contribution in [0.25, 0.3) is 11.1 Å². The summed E-state index contributed by atoms with van der Waals surface area (Å²) in [6, 6.07) is 3.43. The SMILES string of the molecule is CO[C@H]1Oc2c(O)c(Br)cc3c2-c2c1cc(Br)c(O)c2O[C@@H]3OC. The molecule has 0 spiro atoms. The van der Waals surface area contributed by atoms with E-state index in [0.29, 0.717) is 31.2 Å². The molecule has 6 nitrogen and oxygen atoms in total. The molecule has 24 heavy (non-hydrogen) atoms. The number of methoxy groups -OCH3 is 2. The van der Waals surface area contributed by atoms with Gasteiger partial charge in [-0.3, -0.25) is 0 Å². The van der Waals surface area contributed by atoms with Gasteiger partial charge < -0.3 is 29.2 Å². The van der Waals surface area contributed by atoms with Gasteiger partial charge in [-0.2, -0.15) is 0 Å². The van der Waals surface area contributed by atoms with Crippen LogP contribution in [0.5, 0.6) is 23.0 Å². The van der Waals surface area contributed by atoms with Gasteiger partial charge in [0.05, 0.1) is 8.95 Å². The van der Waals surface area contributed by atoms with Crippen molar-refractivity contribution in [2.45, 2.75) is 12.6 Å². The van der Waals surface area contributed by atoms with E-state index < -0.39 is 12.6 Å². The Kier molecular flexibility index (Phi) is 3.68. The lowest BCUT2D eigenvalue weighted by Crippen LogP contribution is -2.23. The number of ether oxygens (including phenoxy) is 4. The van der Waals surface area contributed by atoms with Crippen LogP contribution in [-0.2, 0) is 9.47 Å². The van der Waals surface area contributed by atoms with E-state index in [1.807, 2.05) is 0 Å². The summed E-state index contributed by atoms with van der Waals surface area (Å²) in [5.41, 5.74) is 2.61. The summed E-state index contributed by atoms with van der Waals surface area (Å²) in [6.07, 6.45) is -1.50. The van der Waals surface area contributed by atoms with Gasteiger partial charge in [0.15, 0.2) is 23.0 Å². The van der Waals surface area contributed by atoms with E-state index in [1.54, 1.807) is 12.1 Å². The molecule has 0 saturated carbocycles. The minimum absolute atomic E-state index is 0.0495. The summed E-state index contributed by atoms with van der Waals surface area (Å²) >= 11 is 6.62. The first-order valence-corrected chi connectivity index (χ1v) is 8.56. The van der Waals surface area contributed by atoms with Crippen LogP contribution in [0, 0.1) is 0 Å². The lowest BCUT2D eigenvalue weighted by atomic mass is 9.88. The monoisotopic (exact) mass is 458 g/mol. The van der Waals surface area contributed by atoms with Crippen LogP contribution >= 0.6 is 31.9 Å². The Balaban J connectivity index is 2.15. The van der Waals surface area contributed by atoms with Crippen molar-refractivity contribution in [3.05, 3.63) is 32.2 Å². The quantitative estimate of drug-likeness (QED) is 0.694. The van der Waals surface area contributed by atoms with Gasteiger partial charge >= 0.3 is 0 Å². The maximum absolute atomic E-state index is 10.4. The highest BCUT2D eigenvalue weighted by Gasteiger charge is 2.41. The van der Waals surface area contributed by atoms with Crippen LogP contribution in [-0.4, -0.2) is 24.4 Å². The van der Waals surface area contributed by atoms with Crippen molar-refractivity contribution in [2.24, 2.45) is 0 Å². The Bertz CT molecular complexity index is 795. The minimum Gasteiger partial charge on any atom is -0.503 e. The predicted octanol–water partition coefficient (Wildman–Crippen LogP) is 4.36. The molecule has 0 aliphatic carbocycles. The zero-order valence-corrected chi connectivity index (χ0v) is 15.8. The molecule has 0 radical (unpaired) electrons. The van der Waals surface area contributed by atoms with Gasteiger partial charge in [0, 0.05) is 36.5 Å². The van der Waals surface area contributed by atoms with Crippen molar-refractivity contribution in [3.63, 3.8) is 0 Å². The molecule has 2 aromatic carbocycles. The lowest BCUT2D eigenvalue weighted by Gasteiger charge is -2.36. The standard InChI is InChI=1S/C16H12Br2O6/c1-21-15-5-3-7(17)12(20)14-9(5)10-6(16(22-2)24-14)4-8(18)11(19)13(10)23-15/h3-4,15-16,19-20H,1-2H3/t15-,16-/m0/s1. The number of halogens is 2. The molecule has 0 amide bonds. The number of hydrogen-bond donors (Lipinski definition) is 2. The molecular weight excluding hydrogens is 448 g/mol. The number of hydrogen-bond acceptors (Lipinski definition) is 6. The van der Waals surface area contributed by atoms with E-state index in [4.69, 9.17) is 18.9 Å². The van der Waals surface area contributed by atoms with E-state index in [2.05, 4.69) is 31.9 Å². The second kappa shape index (κ2) is 5.52. The molecule has 2 aliphatic rings. The molecular formula is C16H12Br2O6. The minimum atomic E-state index is -0.751. The Morgan fingerprint density at radius 2 is 1.21 bits per heavy atom. The van der Waals surface area contributed by atoms with Crippen LogP contribution < -0.4 is 9.47 Å². The maximum atomic E-state index is 10.4. The molecule has 0 aromatic heterocycles. The van der Waals surface area contributed by atoms with E-state index in [-0.39, 0.29) is 23.0 Å². The number of rotatable bonds is 2. The molecule has 2 N–H and O–H groups in total. The van der Waals surface area contributed by atoms with E-state index in [9.17, 15) is 10.2 Å². The smallest absolute Gasteiger partial charge is 0.227 e. The van der Waals surface area contributed by atoms with Crippen LogP contribution in [0.3, 0.4) is 0 Å². The fourth-order valence-electron chi connectivity index (χ4n) is 3.08. The molecule has 0 saturated heterocycles. The second-order valence-corrected chi connectivity index (χ2v) is 7.08. The van der Waals surface area contributed by atoms with Crippen molar-refractivity contribution in [1.29, 1.82) is 0 Å². The van der Waals surface area contributed by atoms with Gasteiger partial charge in [-0.1, -0.05) is 0 Å². The predicted molar refractivity (Wildman–Crippen MR) is 91.4 cm³/mol. The Labute approximate surface area is 154 Å². The van der Waals surface area contributed by atoms with Crippen LogP contribution in [0.15, 0.2) is 21.1 Å². The van der Waals surface area contributed by atoms with E-state index >= 15 is 0 Å². The van der Waals surface area contributed by atoms with Crippen molar-refractivity contribution in [2.75, 3.05) is 14.2 Å². The van der Waals surface area contributed by atoms with Gasteiger partial charge in [0.1, 0.15) is 0 Å². The van der Waals surface area contributed by atoms with E-state index in [1.165, 1.54) is 14.2 Å². The molecule has 0 fully saturated rings. The average molecular weight is 460 g/mol. The molecule has 0 unspecified atom stereocenters. The summed E-state index contributed by atoms with van der Waals surface area (Å²) in [7, 11) is 3.00. The summed E-state index contributed by atoms with van der Waals surface area (Å²) < 4.78 is 23.4. The molecule has 2 heterocycles. The summed E-state index contributed by atoms with van der Waals surface area (Å²) in [5.74, 6) is 0.414. The largest absolute Gasteiger partial charge is 0.503 e. The summed E-state index contributed by atoms with van der Waals surface area (Å²) in [6.45, 7) is 0. The van der Waals surface area contributed by atoms with Crippen molar-refractivity contribution < 1.29 is 29.2 Å². The number of phenols is 2. The van der Waals surface area contributed by atoms with Gasteiger partial charge in [-0.05, 0) is 44.0 Å². The highest BCUT2D eigenvalue weighted by molar-refractivity contribution is 9.10. The van der Waals surface area contributed by atoms with Crippen LogP contribution in [0.2, 0.25) is 0 Å². The zero-order valence-electron chi connectivity index (χ0n) is 12.6. The third kappa shape index (κ3) is 2.00. The number of benzene rings is 2. The molecule has 8 heteroatoms. The van der Waals surface area contributed by atoms with Gasteiger partial charge in [0.25, 0.3) is 0 Å². The topological polar surface area (TPSA) is 77.4 Å². The molecule has 0 bridgehead atoms. The van der Waals surface area contributed by atoms with Gasteiger partial charge in [-0.15, -0.1) is 0 Å². The highest BCUT2D eigenvalue weighted by atomic mass is 79.9. The Hall–Kier alpha value is -1.48. The van der Waals surface area contributed by atoms with E-state index in [0.717, 1.165) is 0 Å². The normalized spacial score (nSPS) is 20.2. The molecule has 4 rings (SSSR count). The van der Waals surface area contributed by atoms with Crippen LogP contribution in [0.1, 0.15) is 23.7 Å². The fraction of sp³-hybridized carbons (Fsp3) is 0.250. The summed E-state index contributed by atoms with van der Waals surface area (Å²) in [4.78, 5) is 0. The number of aromatic hydroxyl groups is 2. The lowest BCUT2D eigenvalue weighted by molar-refractivity contribution is -0.0705. The average Bonchev–Trinajstić information content (AvgIpc) is 2.58. The van der Waals surface area contributed by atoms with Gasteiger partial charge in [0.2, 0.25) is 12.6 Å². The fourth-order valence-corrected chi connectivity index (χ4v) is 3.93. The Morgan fingerprint density at radius 3 is 1.54 bits per heavy atom. The first kappa shape index (κ1) is 16.0. The molecule has 2 aromatic rings. The van der Waals surface area contributed by atoms with Crippen LogP contribution in [0.4, 0.5) is 0 Å². The number of phenolic OH excluding ortho intramolecular Hbond substituents is 2. The third-order valence-corrected chi connectivity index (χ3v) is 5.32. The first-order chi connectivity index (χ1) is 11.5. The van der Waals surface area contributed by atoms with Gasteiger partial charge in [-0.25, -0.2) is 0 Å². The second-order valence-electron chi connectivity index (χ2n) is 5.37. The highest BCUT2D eigenvalue weighted by Crippen LogP contribution is 2.61. The maximum Gasteiger partial charge on any atom is 0.227 e. The first-order valence-electron chi connectivity index (χ1n) is 6.97. The Morgan fingerprint density at radius 1 is 0.833 bits per heavy atom. The molecule has 2 aliphatic heterocycles. The van der Waals surface area contributed by atoms with Crippen molar-refractivity contribution in [1.82, 2.24) is 0 Å². The molecule has 2 atom stereocenters.